The minimum atomic E-state index is -0.224. The summed E-state index contributed by atoms with van der Waals surface area (Å²) in [6.45, 7) is 0.245. The molecule has 1 amide bonds. The summed E-state index contributed by atoms with van der Waals surface area (Å²) >= 11 is 0. The lowest BCUT2D eigenvalue weighted by Gasteiger charge is -2.09. The third kappa shape index (κ3) is 3.55. The van der Waals surface area contributed by atoms with Crippen LogP contribution in [-0.2, 0) is 11.3 Å². The molecule has 2 aromatic carbocycles. The highest BCUT2D eigenvalue weighted by molar-refractivity contribution is 6.05. The van der Waals surface area contributed by atoms with E-state index in [4.69, 9.17) is 13.9 Å². The number of carbonyl (C=O) groups is 1. The molecule has 27 heavy (non-hydrogen) atoms. The molecule has 0 saturated heterocycles. The summed E-state index contributed by atoms with van der Waals surface area (Å²) in [6, 6.07) is 17.0. The highest BCUT2D eigenvalue weighted by Crippen LogP contribution is 2.31. The molecule has 4 aromatic rings. The number of methoxy groups -OCH3 is 1. The molecule has 0 saturated carbocycles. The van der Waals surface area contributed by atoms with Gasteiger partial charge in [-0.15, -0.1) is 0 Å². The Bertz CT molecular complexity index is 1100. The van der Waals surface area contributed by atoms with Gasteiger partial charge in [-0.2, -0.15) is 0 Å². The Hall–Kier alpha value is -3.54. The van der Waals surface area contributed by atoms with Crippen LogP contribution in [0.15, 0.2) is 65.2 Å². The third-order valence-corrected chi connectivity index (χ3v) is 4.24. The molecule has 6 nitrogen and oxygen atoms in total. The van der Waals surface area contributed by atoms with Crippen molar-refractivity contribution in [1.82, 2.24) is 10.3 Å². The van der Waals surface area contributed by atoms with Crippen LogP contribution in [-0.4, -0.2) is 24.6 Å². The van der Waals surface area contributed by atoms with Crippen molar-refractivity contribution in [3.63, 3.8) is 0 Å². The summed E-state index contributed by atoms with van der Waals surface area (Å²) < 4.78 is 16.6. The maximum absolute atomic E-state index is 12.1. The van der Waals surface area contributed by atoms with Crippen molar-refractivity contribution >= 4 is 27.8 Å². The van der Waals surface area contributed by atoms with E-state index in [2.05, 4.69) is 10.3 Å². The van der Waals surface area contributed by atoms with E-state index in [9.17, 15) is 4.79 Å². The minimum absolute atomic E-state index is 0.0795. The number of aromatic nitrogens is 1. The summed E-state index contributed by atoms with van der Waals surface area (Å²) in [5.41, 5.74) is 2.42. The second-order valence-electron chi connectivity index (χ2n) is 5.99. The number of benzene rings is 2. The number of ether oxygens (including phenoxy) is 2. The molecule has 0 aliphatic heterocycles. The van der Waals surface area contributed by atoms with Gasteiger partial charge in [0.2, 0.25) is 5.88 Å². The van der Waals surface area contributed by atoms with E-state index in [1.807, 2.05) is 42.5 Å². The monoisotopic (exact) mass is 362 g/mol. The Balaban J connectivity index is 1.40. The number of hydrogen-bond donors (Lipinski definition) is 1. The van der Waals surface area contributed by atoms with E-state index in [0.717, 1.165) is 27.5 Å². The zero-order valence-corrected chi connectivity index (χ0v) is 14.8. The van der Waals surface area contributed by atoms with Crippen molar-refractivity contribution in [3.8, 4) is 11.6 Å². The number of furan rings is 1. The highest BCUT2D eigenvalue weighted by atomic mass is 16.5. The molecule has 0 unspecified atom stereocenters. The van der Waals surface area contributed by atoms with E-state index < -0.39 is 0 Å². The number of pyridine rings is 1. The summed E-state index contributed by atoms with van der Waals surface area (Å²) in [5, 5.41) is 4.78. The molecule has 136 valence electrons. The lowest BCUT2D eigenvalue weighted by molar-refractivity contribution is -0.123. The zero-order chi connectivity index (χ0) is 18.6. The smallest absolute Gasteiger partial charge is 0.258 e. The van der Waals surface area contributed by atoms with Crippen molar-refractivity contribution in [1.29, 1.82) is 0 Å². The van der Waals surface area contributed by atoms with Gasteiger partial charge in [-0.3, -0.25) is 4.79 Å². The molecule has 0 bridgehead atoms. The van der Waals surface area contributed by atoms with Crippen molar-refractivity contribution in [2.75, 3.05) is 13.7 Å². The molecule has 0 fully saturated rings. The van der Waals surface area contributed by atoms with Crippen LogP contribution in [0.3, 0.4) is 0 Å². The molecule has 4 rings (SSSR count). The fourth-order valence-electron chi connectivity index (χ4n) is 2.93. The summed E-state index contributed by atoms with van der Waals surface area (Å²) in [6.07, 6.45) is 1.64. The normalized spacial score (nSPS) is 10.9. The van der Waals surface area contributed by atoms with Gasteiger partial charge in [-0.25, -0.2) is 4.98 Å². The van der Waals surface area contributed by atoms with Crippen molar-refractivity contribution in [2.24, 2.45) is 0 Å². The van der Waals surface area contributed by atoms with E-state index >= 15 is 0 Å². The van der Waals surface area contributed by atoms with Gasteiger partial charge < -0.3 is 19.2 Å². The van der Waals surface area contributed by atoms with Crippen molar-refractivity contribution in [2.45, 2.75) is 6.54 Å². The van der Waals surface area contributed by atoms with Gasteiger partial charge in [0.15, 0.2) is 6.61 Å². The summed E-state index contributed by atoms with van der Waals surface area (Å²) in [4.78, 5) is 16.2. The predicted octanol–water partition coefficient (Wildman–Crippen LogP) is 3.68. The molecule has 0 spiro atoms. The second-order valence-corrected chi connectivity index (χ2v) is 5.99. The SMILES string of the molecule is COc1ncccc1CNC(=O)COc1ccc2oc3ccccc3c2c1. The van der Waals surface area contributed by atoms with Crippen molar-refractivity contribution < 1.29 is 18.7 Å². The minimum Gasteiger partial charge on any atom is -0.484 e. The second kappa shape index (κ2) is 7.37. The topological polar surface area (TPSA) is 73.6 Å². The van der Waals surface area contributed by atoms with Gasteiger partial charge in [-0.1, -0.05) is 24.3 Å². The molecule has 2 aromatic heterocycles. The number of hydrogen-bond acceptors (Lipinski definition) is 5. The first-order chi connectivity index (χ1) is 13.2. The maximum atomic E-state index is 12.1. The quantitative estimate of drug-likeness (QED) is 0.566. The van der Waals surface area contributed by atoms with Gasteiger partial charge in [0.25, 0.3) is 5.91 Å². The molecule has 0 radical (unpaired) electrons. The standard InChI is InChI=1S/C21H18N2O4/c1-25-21-14(5-4-10-22-21)12-23-20(24)13-26-15-8-9-19-17(11-15)16-6-2-3-7-18(16)27-19/h2-11H,12-13H2,1H3,(H,23,24). The lowest BCUT2D eigenvalue weighted by Crippen LogP contribution is -2.28. The highest BCUT2D eigenvalue weighted by Gasteiger charge is 2.10. The first-order valence-corrected chi connectivity index (χ1v) is 8.53. The molecular weight excluding hydrogens is 344 g/mol. The van der Waals surface area contributed by atoms with E-state index in [1.165, 1.54) is 0 Å². The van der Waals surface area contributed by atoms with E-state index in [1.54, 1.807) is 25.4 Å². The van der Waals surface area contributed by atoms with E-state index in [-0.39, 0.29) is 12.5 Å². The van der Waals surface area contributed by atoms with Gasteiger partial charge in [0.05, 0.1) is 7.11 Å². The number of amides is 1. The van der Waals surface area contributed by atoms with Crippen LogP contribution in [0.1, 0.15) is 5.56 Å². The number of fused-ring (bicyclic) bond motifs is 3. The molecule has 2 heterocycles. The zero-order valence-electron chi connectivity index (χ0n) is 14.8. The number of para-hydroxylation sites is 1. The van der Waals surface area contributed by atoms with E-state index in [0.29, 0.717) is 18.2 Å². The number of nitrogens with one attached hydrogen (secondary N) is 1. The fraction of sp³-hybridized carbons (Fsp3) is 0.143. The molecule has 1 N–H and O–H groups in total. The predicted molar refractivity (Wildman–Crippen MR) is 102 cm³/mol. The van der Waals surface area contributed by atoms with Crippen LogP contribution in [0.25, 0.3) is 21.9 Å². The molecule has 0 aliphatic rings. The fourth-order valence-corrected chi connectivity index (χ4v) is 2.93. The molecule has 6 heteroatoms. The third-order valence-electron chi connectivity index (χ3n) is 4.24. The van der Waals surface area contributed by atoms with Gasteiger partial charge >= 0.3 is 0 Å². The van der Waals surface area contributed by atoms with Crippen LogP contribution in [0, 0.1) is 0 Å². The Morgan fingerprint density at radius 3 is 2.81 bits per heavy atom. The number of nitrogens with zero attached hydrogens (tertiary/aromatic N) is 1. The number of carbonyl (C=O) groups excluding carboxylic acids is 1. The lowest BCUT2D eigenvalue weighted by atomic mass is 10.1. The van der Waals surface area contributed by atoms with Crippen LogP contribution >= 0.6 is 0 Å². The van der Waals surface area contributed by atoms with Crippen molar-refractivity contribution in [3.05, 3.63) is 66.4 Å². The van der Waals surface area contributed by atoms with Crippen LogP contribution in [0.2, 0.25) is 0 Å². The Labute approximate surface area is 155 Å². The van der Waals surface area contributed by atoms with Crippen LogP contribution in [0.5, 0.6) is 11.6 Å². The van der Waals surface area contributed by atoms with Crippen LogP contribution in [0.4, 0.5) is 0 Å². The Kier molecular flexibility index (Phi) is 4.61. The van der Waals surface area contributed by atoms with Gasteiger partial charge in [-0.05, 0) is 30.3 Å². The molecule has 0 aliphatic carbocycles. The summed E-state index contributed by atoms with van der Waals surface area (Å²) in [7, 11) is 1.55. The maximum Gasteiger partial charge on any atom is 0.258 e. The average Bonchev–Trinajstić information content (AvgIpc) is 3.09. The average molecular weight is 362 g/mol. The first kappa shape index (κ1) is 16.9. The number of rotatable bonds is 6. The van der Waals surface area contributed by atoms with Gasteiger partial charge in [0.1, 0.15) is 16.9 Å². The first-order valence-electron chi connectivity index (χ1n) is 8.53. The van der Waals surface area contributed by atoms with Crippen LogP contribution < -0.4 is 14.8 Å². The summed E-state index contributed by atoms with van der Waals surface area (Å²) in [5.74, 6) is 0.886. The largest absolute Gasteiger partial charge is 0.484 e. The Morgan fingerprint density at radius 2 is 1.93 bits per heavy atom. The molecular formula is C21H18N2O4. The molecule has 0 atom stereocenters. The van der Waals surface area contributed by atoms with Gasteiger partial charge in [0, 0.05) is 29.1 Å². The Morgan fingerprint density at radius 1 is 1.07 bits per heavy atom.